The quantitative estimate of drug-likeness (QED) is 0.539. The summed E-state index contributed by atoms with van der Waals surface area (Å²) in [4.78, 5) is 29.8. The van der Waals surface area contributed by atoms with Crippen LogP contribution in [0.5, 0.6) is 5.75 Å². The third kappa shape index (κ3) is 4.98. The highest BCUT2D eigenvalue weighted by Gasteiger charge is 2.25. The minimum Gasteiger partial charge on any atom is -0.410 e. The molecular weight excluding hydrogens is 417 g/mol. The lowest BCUT2D eigenvalue weighted by molar-refractivity contribution is 0.0960. The van der Waals surface area contributed by atoms with Gasteiger partial charge < -0.3 is 15.8 Å². The predicted molar refractivity (Wildman–Crippen MR) is 118 cm³/mol. The molecule has 1 aliphatic heterocycles. The number of ether oxygens (including phenoxy) is 1. The van der Waals surface area contributed by atoms with Gasteiger partial charge in [-0.2, -0.15) is 0 Å². The van der Waals surface area contributed by atoms with Crippen molar-refractivity contribution < 1.29 is 18.7 Å². The molecule has 1 aromatic heterocycles. The molecule has 0 spiro atoms. The highest BCUT2D eigenvalue weighted by molar-refractivity contribution is 7.18. The average molecular weight is 440 g/mol. The first-order valence-corrected chi connectivity index (χ1v) is 10.9. The number of Topliss-reactive ketones (excluding diaryl/α,β-unsaturated/α-hetero) is 1. The Morgan fingerprint density at radius 2 is 1.94 bits per heavy atom. The lowest BCUT2D eigenvalue weighted by atomic mass is 9.98. The molecule has 1 atom stereocenters. The van der Waals surface area contributed by atoms with E-state index in [1.807, 2.05) is 0 Å². The lowest BCUT2D eigenvalue weighted by Crippen LogP contribution is -2.35. The summed E-state index contributed by atoms with van der Waals surface area (Å²) in [6.07, 6.45) is 2.57. The van der Waals surface area contributed by atoms with Crippen LogP contribution in [-0.2, 0) is 0 Å². The molecule has 2 aromatic carbocycles. The van der Waals surface area contributed by atoms with Gasteiger partial charge in [0.15, 0.2) is 5.78 Å². The number of para-hydroxylation sites is 1. The maximum absolute atomic E-state index is 13.5. The molecule has 0 saturated carbocycles. The Bertz CT molecular complexity index is 1090. The van der Waals surface area contributed by atoms with Crippen molar-refractivity contribution in [2.24, 2.45) is 5.73 Å². The van der Waals surface area contributed by atoms with Crippen molar-refractivity contribution in [1.82, 2.24) is 10.3 Å². The number of carbonyl (C=O) groups excluding carboxylic acids is 2. The SMILES string of the molecule is NC(=O)Oc1ccccc1-c1nc(C(=O)CC2CCCCN2)c(-c2ccc(F)cc2)s1. The molecule has 8 heteroatoms. The van der Waals surface area contributed by atoms with Crippen molar-refractivity contribution in [3.63, 3.8) is 0 Å². The molecule has 4 rings (SSSR count). The fourth-order valence-corrected chi connectivity index (χ4v) is 4.80. The van der Waals surface area contributed by atoms with E-state index in [1.54, 1.807) is 36.4 Å². The molecule has 0 bridgehead atoms. The van der Waals surface area contributed by atoms with Gasteiger partial charge in [0.05, 0.1) is 10.4 Å². The van der Waals surface area contributed by atoms with E-state index in [4.69, 9.17) is 10.5 Å². The molecule has 0 radical (unpaired) electrons. The molecule has 1 fully saturated rings. The van der Waals surface area contributed by atoms with Gasteiger partial charge in [0, 0.05) is 12.5 Å². The van der Waals surface area contributed by atoms with Crippen LogP contribution in [0.25, 0.3) is 21.0 Å². The number of nitrogens with zero attached hydrogens (tertiary/aromatic N) is 1. The number of halogens is 1. The van der Waals surface area contributed by atoms with E-state index >= 15 is 0 Å². The molecule has 6 nitrogen and oxygen atoms in total. The zero-order valence-electron chi connectivity index (χ0n) is 16.8. The van der Waals surface area contributed by atoms with Crippen molar-refractivity contribution >= 4 is 23.2 Å². The van der Waals surface area contributed by atoms with Crippen LogP contribution >= 0.6 is 11.3 Å². The molecule has 0 aliphatic carbocycles. The fraction of sp³-hybridized carbons (Fsp3) is 0.261. The number of carbonyl (C=O) groups is 2. The first-order valence-electron chi connectivity index (χ1n) is 10.1. The molecule has 3 aromatic rings. The summed E-state index contributed by atoms with van der Waals surface area (Å²) in [6, 6.07) is 13.0. The van der Waals surface area contributed by atoms with Gasteiger partial charge in [-0.1, -0.05) is 30.7 Å². The van der Waals surface area contributed by atoms with E-state index in [2.05, 4.69) is 10.3 Å². The predicted octanol–water partition coefficient (Wildman–Crippen LogP) is 4.79. The number of nitrogens with one attached hydrogen (secondary N) is 1. The number of hydrogen-bond acceptors (Lipinski definition) is 6. The van der Waals surface area contributed by atoms with Crippen LogP contribution in [-0.4, -0.2) is 29.4 Å². The number of primary amides is 1. The number of rotatable bonds is 6. The number of amides is 1. The van der Waals surface area contributed by atoms with Crippen molar-refractivity contribution in [3.8, 4) is 26.8 Å². The standard InChI is InChI=1S/C23H22FN3O3S/c24-15-10-8-14(9-11-15)21-20(18(28)13-16-5-3-4-12-26-16)27-22(31-21)17-6-1-2-7-19(17)30-23(25)29/h1-2,6-11,16,26H,3-5,12-13H2,(H2,25,29). The van der Waals surface area contributed by atoms with Crippen LogP contribution < -0.4 is 15.8 Å². The molecular formula is C23H22FN3O3S. The summed E-state index contributed by atoms with van der Waals surface area (Å²) in [5, 5.41) is 3.91. The summed E-state index contributed by atoms with van der Waals surface area (Å²) in [5.41, 5.74) is 6.80. The monoisotopic (exact) mass is 439 g/mol. The Morgan fingerprint density at radius 3 is 2.65 bits per heavy atom. The number of benzene rings is 2. The summed E-state index contributed by atoms with van der Waals surface area (Å²) >= 11 is 1.30. The highest BCUT2D eigenvalue weighted by atomic mass is 32.1. The van der Waals surface area contributed by atoms with E-state index in [0.29, 0.717) is 33.1 Å². The summed E-state index contributed by atoms with van der Waals surface area (Å²) in [5.74, 6) is -0.162. The van der Waals surface area contributed by atoms with Crippen molar-refractivity contribution in [2.45, 2.75) is 31.7 Å². The van der Waals surface area contributed by atoms with Gasteiger partial charge in [-0.25, -0.2) is 14.2 Å². The first-order chi connectivity index (χ1) is 15.0. The van der Waals surface area contributed by atoms with Gasteiger partial charge in [0.25, 0.3) is 0 Å². The van der Waals surface area contributed by atoms with Crippen molar-refractivity contribution in [3.05, 3.63) is 60.0 Å². The second-order valence-corrected chi connectivity index (χ2v) is 8.39. The topological polar surface area (TPSA) is 94.3 Å². The molecule has 2 heterocycles. The fourth-order valence-electron chi connectivity index (χ4n) is 3.68. The first kappa shape index (κ1) is 21.1. The summed E-state index contributed by atoms with van der Waals surface area (Å²) in [6.45, 7) is 0.906. The zero-order valence-corrected chi connectivity index (χ0v) is 17.6. The molecule has 3 N–H and O–H groups in total. The second-order valence-electron chi connectivity index (χ2n) is 7.40. The maximum Gasteiger partial charge on any atom is 0.409 e. The third-order valence-electron chi connectivity index (χ3n) is 5.17. The normalized spacial score (nSPS) is 16.1. The maximum atomic E-state index is 13.5. The number of piperidine rings is 1. The second kappa shape index (κ2) is 9.36. The highest BCUT2D eigenvalue weighted by Crippen LogP contribution is 2.39. The largest absolute Gasteiger partial charge is 0.410 e. The van der Waals surface area contributed by atoms with Crippen LogP contribution in [0.4, 0.5) is 9.18 Å². The van der Waals surface area contributed by atoms with E-state index in [9.17, 15) is 14.0 Å². The Balaban J connectivity index is 1.74. The van der Waals surface area contributed by atoms with Crippen LogP contribution in [0.1, 0.15) is 36.2 Å². The minimum atomic E-state index is -0.928. The van der Waals surface area contributed by atoms with E-state index in [-0.39, 0.29) is 23.4 Å². The molecule has 1 saturated heterocycles. The number of aromatic nitrogens is 1. The Morgan fingerprint density at radius 1 is 1.16 bits per heavy atom. The zero-order chi connectivity index (χ0) is 21.8. The number of nitrogens with two attached hydrogens (primary N) is 1. The Labute approximate surface area is 183 Å². The van der Waals surface area contributed by atoms with Crippen LogP contribution in [0, 0.1) is 5.82 Å². The lowest BCUT2D eigenvalue weighted by Gasteiger charge is -2.22. The van der Waals surface area contributed by atoms with Gasteiger partial charge in [-0.05, 0) is 49.2 Å². The third-order valence-corrected chi connectivity index (χ3v) is 6.31. The van der Waals surface area contributed by atoms with Gasteiger partial charge in [-0.15, -0.1) is 11.3 Å². The van der Waals surface area contributed by atoms with E-state index in [0.717, 1.165) is 25.8 Å². The Kier molecular flexibility index (Phi) is 6.39. The van der Waals surface area contributed by atoms with Gasteiger partial charge in [-0.3, -0.25) is 4.79 Å². The Hall–Kier alpha value is -3.10. The summed E-state index contributed by atoms with van der Waals surface area (Å²) in [7, 11) is 0. The van der Waals surface area contributed by atoms with Crippen LogP contribution in [0.15, 0.2) is 48.5 Å². The molecule has 1 amide bonds. The average Bonchev–Trinajstić information content (AvgIpc) is 3.20. The molecule has 31 heavy (non-hydrogen) atoms. The number of thiazole rings is 1. The summed E-state index contributed by atoms with van der Waals surface area (Å²) < 4.78 is 18.6. The minimum absolute atomic E-state index is 0.0745. The van der Waals surface area contributed by atoms with E-state index < -0.39 is 6.09 Å². The van der Waals surface area contributed by atoms with Gasteiger partial charge in [0.1, 0.15) is 22.3 Å². The van der Waals surface area contributed by atoms with Gasteiger partial charge >= 0.3 is 6.09 Å². The van der Waals surface area contributed by atoms with Crippen molar-refractivity contribution in [1.29, 1.82) is 0 Å². The van der Waals surface area contributed by atoms with E-state index in [1.165, 1.54) is 23.5 Å². The number of hydrogen-bond donors (Lipinski definition) is 2. The molecule has 1 unspecified atom stereocenters. The smallest absolute Gasteiger partial charge is 0.409 e. The van der Waals surface area contributed by atoms with Crippen LogP contribution in [0.2, 0.25) is 0 Å². The van der Waals surface area contributed by atoms with Crippen LogP contribution in [0.3, 0.4) is 0 Å². The molecule has 1 aliphatic rings. The van der Waals surface area contributed by atoms with Crippen molar-refractivity contribution in [2.75, 3.05) is 6.54 Å². The van der Waals surface area contributed by atoms with Gasteiger partial charge in [0.2, 0.25) is 0 Å². The number of ketones is 1. The molecule has 160 valence electrons.